The highest BCUT2D eigenvalue weighted by Crippen LogP contribution is 2.31. The molecule has 2 aromatic carbocycles. The average Bonchev–Trinajstić information content (AvgIpc) is 3.46. The third-order valence-electron chi connectivity index (χ3n) is 6.21. The lowest BCUT2D eigenvalue weighted by molar-refractivity contribution is -0.138. The first-order valence-electron chi connectivity index (χ1n) is 11.0. The zero-order chi connectivity index (χ0) is 22.7. The van der Waals surface area contributed by atoms with Crippen molar-refractivity contribution < 1.29 is 22.8 Å². The summed E-state index contributed by atoms with van der Waals surface area (Å²) in [6.45, 7) is 2.63. The Morgan fingerprint density at radius 2 is 1.72 bits per heavy atom. The van der Waals surface area contributed by atoms with Crippen LogP contribution in [0, 0.1) is 12.8 Å². The van der Waals surface area contributed by atoms with Gasteiger partial charge in [-0.2, -0.15) is 13.2 Å². The second kappa shape index (κ2) is 9.35. The van der Waals surface area contributed by atoms with Crippen LogP contribution < -0.4 is 0 Å². The largest absolute Gasteiger partial charge is 0.416 e. The molecule has 0 spiro atoms. The molecule has 0 bridgehead atoms. The fourth-order valence-electron chi connectivity index (χ4n) is 4.37. The average molecular weight is 444 g/mol. The van der Waals surface area contributed by atoms with E-state index in [0.29, 0.717) is 18.5 Å². The molecule has 1 fully saturated rings. The fraction of sp³-hybridized carbons (Fsp3) is 0.440. The molecule has 2 aromatic rings. The van der Waals surface area contributed by atoms with Crippen molar-refractivity contribution in [2.75, 3.05) is 6.54 Å². The van der Waals surface area contributed by atoms with Gasteiger partial charge >= 0.3 is 6.18 Å². The molecule has 170 valence electrons. The van der Waals surface area contributed by atoms with Crippen LogP contribution in [-0.2, 0) is 22.4 Å². The van der Waals surface area contributed by atoms with Gasteiger partial charge in [0.05, 0.1) is 17.8 Å². The molecule has 0 saturated heterocycles. The van der Waals surface area contributed by atoms with Crippen LogP contribution in [0.5, 0.6) is 0 Å². The minimum atomic E-state index is -4.38. The number of alkyl halides is 3. The Morgan fingerprint density at radius 3 is 2.34 bits per heavy atom. The number of nitrogens with zero attached hydrogens (tertiary/aromatic N) is 2. The van der Waals surface area contributed by atoms with Crippen molar-refractivity contribution in [1.82, 2.24) is 4.90 Å². The van der Waals surface area contributed by atoms with Crippen LogP contribution >= 0.6 is 0 Å². The van der Waals surface area contributed by atoms with Crippen molar-refractivity contribution >= 4 is 11.6 Å². The summed E-state index contributed by atoms with van der Waals surface area (Å²) in [4.78, 5) is 20.6. The number of rotatable bonds is 6. The van der Waals surface area contributed by atoms with Crippen molar-refractivity contribution in [3.05, 3.63) is 70.8 Å². The van der Waals surface area contributed by atoms with E-state index in [0.717, 1.165) is 54.7 Å². The smallest absolute Gasteiger partial charge is 0.390 e. The van der Waals surface area contributed by atoms with Gasteiger partial charge in [-0.05, 0) is 43.0 Å². The maximum Gasteiger partial charge on any atom is 0.416 e. The highest BCUT2D eigenvalue weighted by atomic mass is 19.4. The minimum Gasteiger partial charge on any atom is -0.390 e. The number of carbonyl (C=O) groups is 1. The summed E-state index contributed by atoms with van der Waals surface area (Å²) < 4.78 is 38.7. The summed E-state index contributed by atoms with van der Waals surface area (Å²) in [6, 6.07) is 13.1. The van der Waals surface area contributed by atoms with Gasteiger partial charge in [0.2, 0.25) is 5.91 Å². The number of carbonyl (C=O) groups excluding carboxylic acids is 1. The topological polar surface area (TPSA) is 41.9 Å². The van der Waals surface area contributed by atoms with Crippen molar-refractivity contribution in [2.24, 2.45) is 11.1 Å². The molecule has 1 heterocycles. The lowest BCUT2D eigenvalue weighted by Gasteiger charge is -2.27. The summed E-state index contributed by atoms with van der Waals surface area (Å²) >= 11 is 0. The first-order valence-corrected chi connectivity index (χ1v) is 11.0. The molecule has 32 heavy (non-hydrogen) atoms. The Hall–Kier alpha value is -2.83. The molecular weight excluding hydrogens is 417 g/mol. The molecule has 4 rings (SSSR count). The number of aryl methyl sites for hydroxylation is 1. The van der Waals surface area contributed by atoms with Gasteiger partial charge in [0, 0.05) is 18.9 Å². The second-order valence-corrected chi connectivity index (χ2v) is 8.73. The van der Waals surface area contributed by atoms with E-state index < -0.39 is 11.7 Å². The van der Waals surface area contributed by atoms with Gasteiger partial charge in [0.25, 0.3) is 0 Å². The maximum atomic E-state index is 13.2. The van der Waals surface area contributed by atoms with Crippen LogP contribution in [0.4, 0.5) is 13.2 Å². The van der Waals surface area contributed by atoms with Gasteiger partial charge in [0.1, 0.15) is 0 Å². The predicted octanol–water partition coefficient (Wildman–Crippen LogP) is 5.73. The van der Waals surface area contributed by atoms with Crippen LogP contribution in [0.25, 0.3) is 0 Å². The van der Waals surface area contributed by atoms with E-state index in [-0.39, 0.29) is 24.5 Å². The molecule has 1 amide bonds. The molecule has 1 aliphatic heterocycles. The van der Waals surface area contributed by atoms with Crippen LogP contribution in [0.3, 0.4) is 0 Å². The lowest BCUT2D eigenvalue weighted by atomic mass is 10.0. The monoisotopic (exact) mass is 444 g/mol. The molecule has 1 atom stereocenters. The van der Waals surface area contributed by atoms with E-state index in [2.05, 4.69) is 5.16 Å². The van der Waals surface area contributed by atoms with Crippen molar-refractivity contribution in [2.45, 2.75) is 57.9 Å². The van der Waals surface area contributed by atoms with E-state index in [1.165, 1.54) is 12.1 Å². The molecule has 0 N–H and O–H groups in total. The summed E-state index contributed by atoms with van der Waals surface area (Å²) in [7, 11) is 0. The molecule has 1 aliphatic carbocycles. The zero-order valence-electron chi connectivity index (χ0n) is 18.1. The van der Waals surface area contributed by atoms with Gasteiger partial charge in [-0.3, -0.25) is 4.79 Å². The predicted molar refractivity (Wildman–Crippen MR) is 116 cm³/mol. The lowest BCUT2D eigenvalue weighted by Crippen LogP contribution is -2.40. The van der Waals surface area contributed by atoms with Crippen LogP contribution in [0.1, 0.15) is 54.4 Å². The minimum absolute atomic E-state index is 0.0247. The van der Waals surface area contributed by atoms with Crippen LogP contribution in [-0.4, -0.2) is 29.2 Å². The Morgan fingerprint density at radius 1 is 1.06 bits per heavy atom. The number of hydrogen-bond donors (Lipinski definition) is 0. The maximum absolute atomic E-state index is 13.2. The van der Waals surface area contributed by atoms with Crippen LogP contribution in [0.15, 0.2) is 53.7 Å². The molecule has 2 aliphatic rings. The van der Waals surface area contributed by atoms with E-state index >= 15 is 0 Å². The summed E-state index contributed by atoms with van der Waals surface area (Å²) in [5.74, 6) is 0.0260. The van der Waals surface area contributed by atoms with E-state index in [9.17, 15) is 18.0 Å². The molecule has 7 heteroatoms. The molecule has 0 radical (unpaired) electrons. The highest BCUT2D eigenvalue weighted by molar-refractivity contribution is 6.01. The van der Waals surface area contributed by atoms with E-state index in [4.69, 9.17) is 4.84 Å². The standard InChI is InChI=1S/C25H27F3N2O2/c1-17-6-10-19(11-7-17)23-14-22(32-29-23)16-30(24(31)20-4-2-3-5-20)15-18-8-12-21(13-9-18)25(26,27)28/h6-13,20,22H,2-5,14-16H2,1H3. The Balaban J connectivity index is 1.45. The zero-order valence-corrected chi connectivity index (χ0v) is 18.1. The number of oxime groups is 1. The van der Waals surface area contributed by atoms with Crippen molar-refractivity contribution in [3.8, 4) is 0 Å². The molecule has 0 aromatic heterocycles. The van der Waals surface area contributed by atoms with Gasteiger partial charge < -0.3 is 9.74 Å². The molecule has 4 nitrogen and oxygen atoms in total. The Kier molecular flexibility index (Phi) is 6.53. The van der Waals surface area contributed by atoms with E-state index in [1.807, 2.05) is 31.2 Å². The van der Waals surface area contributed by atoms with Gasteiger partial charge in [0.15, 0.2) is 6.10 Å². The number of halogens is 3. The SMILES string of the molecule is Cc1ccc(C2=NOC(CN(Cc3ccc(C(F)(F)F)cc3)C(=O)C3CCCC3)C2)cc1. The highest BCUT2D eigenvalue weighted by Gasteiger charge is 2.33. The van der Waals surface area contributed by atoms with Gasteiger partial charge in [-0.15, -0.1) is 0 Å². The molecular formula is C25H27F3N2O2. The summed E-state index contributed by atoms with van der Waals surface area (Å²) in [5, 5.41) is 4.23. The number of benzene rings is 2. The second-order valence-electron chi connectivity index (χ2n) is 8.73. The normalized spacial score (nSPS) is 19.0. The first-order chi connectivity index (χ1) is 15.3. The quantitative estimate of drug-likeness (QED) is 0.571. The Bertz CT molecular complexity index is 962. The summed E-state index contributed by atoms with van der Waals surface area (Å²) in [6.07, 6.45) is -0.274. The van der Waals surface area contributed by atoms with E-state index in [1.54, 1.807) is 4.90 Å². The van der Waals surface area contributed by atoms with Gasteiger partial charge in [-0.1, -0.05) is 60.0 Å². The van der Waals surface area contributed by atoms with Crippen molar-refractivity contribution in [1.29, 1.82) is 0 Å². The Labute approximate surface area is 186 Å². The molecule has 1 unspecified atom stereocenters. The van der Waals surface area contributed by atoms with Crippen molar-refractivity contribution in [3.63, 3.8) is 0 Å². The number of hydrogen-bond acceptors (Lipinski definition) is 3. The van der Waals surface area contributed by atoms with Crippen LogP contribution in [0.2, 0.25) is 0 Å². The fourth-order valence-corrected chi connectivity index (χ4v) is 4.37. The first kappa shape index (κ1) is 22.4. The molecule has 1 saturated carbocycles. The third-order valence-corrected chi connectivity index (χ3v) is 6.21. The third kappa shape index (κ3) is 5.31. The number of amides is 1. The summed E-state index contributed by atoms with van der Waals surface area (Å²) in [5.41, 5.74) is 2.98. The van der Waals surface area contributed by atoms with Gasteiger partial charge in [-0.25, -0.2) is 0 Å².